The largest absolute Gasteiger partial charge is 0.491 e. The van der Waals surface area contributed by atoms with Gasteiger partial charge in [0.25, 0.3) is 0 Å². The van der Waals surface area contributed by atoms with Crippen LogP contribution in [-0.4, -0.2) is 26.9 Å². The molecule has 1 aromatic carbocycles. The van der Waals surface area contributed by atoms with Gasteiger partial charge in [-0.15, -0.1) is 0 Å². The Balaban J connectivity index is 2.61. The monoisotopic (exact) mass is 251 g/mol. The minimum Gasteiger partial charge on any atom is -0.491 e. The van der Waals surface area contributed by atoms with Crippen molar-refractivity contribution in [2.75, 3.05) is 26.9 Å². The summed E-state index contributed by atoms with van der Waals surface area (Å²) in [7, 11) is 1.69. The third kappa shape index (κ3) is 5.07. The minimum atomic E-state index is 0.596. The number of methoxy groups -OCH3 is 1. The van der Waals surface area contributed by atoms with E-state index in [9.17, 15) is 0 Å². The summed E-state index contributed by atoms with van der Waals surface area (Å²) in [5.74, 6) is 1.65. The Morgan fingerprint density at radius 3 is 2.67 bits per heavy atom. The SMILES string of the molecule is COCCOc1c(C)cccc1CNCC(C)C. The number of hydrogen-bond acceptors (Lipinski definition) is 3. The molecule has 0 atom stereocenters. The predicted molar refractivity (Wildman–Crippen MR) is 75.1 cm³/mol. The highest BCUT2D eigenvalue weighted by molar-refractivity contribution is 5.40. The molecule has 0 fully saturated rings. The fourth-order valence-corrected chi connectivity index (χ4v) is 1.78. The van der Waals surface area contributed by atoms with Crippen molar-refractivity contribution in [3.05, 3.63) is 29.3 Å². The highest BCUT2D eigenvalue weighted by Crippen LogP contribution is 2.23. The van der Waals surface area contributed by atoms with Crippen LogP contribution in [0.2, 0.25) is 0 Å². The van der Waals surface area contributed by atoms with Gasteiger partial charge in [-0.2, -0.15) is 0 Å². The Labute approximate surface area is 110 Å². The molecule has 1 rings (SSSR count). The van der Waals surface area contributed by atoms with Crippen molar-refractivity contribution >= 4 is 0 Å². The summed E-state index contributed by atoms with van der Waals surface area (Å²) >= 11 is 0. The van der Waals surface area contributed by atoms with Crippen molar-refractivity contribution in [1.82, 2.24) is 5.32 Å². The lowest BCUT2D eigenvalue weighted by atomic mass is 10.1. The molecule has 0 bridgehead atoms. The molecule has 1 aromatic rings. The second kappa shape index (κ2) is 8.11. The molecule has 18 heavy (non-hydrogen) atoms. The van der Waals surface area contributed by atoms with Crippen molar-refractivity contribution in [1.29, 1.82) is 0 Å². The van der Waals surface area contributed by atoms with Crippen LogP contribution in [0.25, 0.3) is 0 Å². The number of ether oxygens (including phenoxy) is 2. The van der Waals surface area contributed by atoms with Gasteiger partial charge in [0.15, 0.2) is 0 Å². The molecule has 1 N–H and O–H groups in total. The molecular weight excluding hydrogens is 226 g/mol. The van der Waals surface area contributed by atoms with E-state index in [0.29, 0.717) is 19.1 Å². The first-order valence-corrected chi connectivity index (χ1v) is 6.56. The van der Waals surface area contributed by atoms with Crippen molar-refractivity contribution in [2.24, 2.45) is 5.92 Å². The summed E-state index contributed by atoms with van der Waals surface area (Å²) in [5.41, 5.74) is 2.39. The van der Waals surface area contributed by atoms with Crippen LogP contribution in [0.4, 0.5) is 0 Å². The molecule has 0 radical (unpaired) electrons. The van der Waals surface area contributed by atoms with Crippen LogP contribution < -0.4 is 10.1 Å². The van der Waals surface area contributed by atoms with Gasteiger partial charge in [-0.1, -0.05) is 32.0 Å². The van der Waals surface area contributed by atoms with Crippen molar-refractivity contribution in [3.8, 4) is 5.75 Å². The maximum atomic E-state index is 5.80. The van der Waals surface area contributed by atoms with E-state index >= 15 is 0 Å². The second-order valence-corrected chi connectivity index (χ2v) is 4.93. The smallest absolute Gasteiger partial charge is 0.126 e. The Morgan fingerprint density at radius 1 is 1.22 bits per heavy atom. The van der Waals surface area contributed by atoms with Crippen LogP contribution in [0, 0.1) is 12.8 Å². The van der Waals surface area contributed by atoms with Gasteiger partial charge in [-0.3, -0.25) is 0 Å². The maximum Gasteiger partial charge on any atom is 0.126 e. The predicted octanol–water partition coefficient (Wildman–Crippen LogP) is 2.77. The quantitative estimate of drug-likeness (QED) is 0.721. The van der Waals surface area contributed by atoms with E-state index in [1.807, 2.05) is 0 Å². The number of benzene rings is 1. The maximum absolute atomic E-state index is 5.80. The first-order valence-electron chi connectivity index (χ1n) is 6.56. The van der Waals surface area contributed by atoms with Gasteiger partial charge in [0, 0.05) is 19.2 Å². The van der Waals surface area contributed by atoms with Gasteiger partial charge in [-0.05, 0) is 24.9 Å². The van der Waals surface area contributed by atoms with Gasteiger partial charge < -0.3 is 14.8 Å². The fourth-order valence-electron chi connectivity index (χ4n) is 1.78. The molecule has 3 heteroatoms. The van der Waals surface area contributed by atoms with Crippen LogP contribution in [0.1, 0.15) is 25.0 Å². The zero-order valence-corrected chi connectivity index (χ0v) is 12.0. The second-order valence-electron chi connectivity index (χ2n) is 4.93. The molecule has 0 saturated carbocycles. The van der Waals surface area contributed by atoms with Crippen LogP contribution in [-0.2, 0) is 11.3 Å². The summed E-state index contributed by atoms with van der Waals surface area (Å²) in [5, 5.41) is 3.45. The van der Waals surface area contributed by atoms with Gasteiger partial charge in [0.05, 0.1) is 6.61 Å². The molecule has 0 aliphatic rings. The Hall–Kier alpha value is -1.06. The van der Waals surface area contributed by atoms with Crippen LogP contribution >= 0.6 is 0 Å². The van der Waals surface area contributed by atoms with Gasteiger partial charge in [0.2, 0.25) is 0 Å². The Kier molecular flexibility index (Phi) is 6.76. The number of aryl methyl sites for hydroxylation is 1. The molecule has 0 aromatic heterocycles. The van der Waals surface area contributed by atoms with E-state index < -0.39 is 0 Å². The Bertz CT molecular complexity index is 350. The third-order valence-corrected chi connectivity index (χ3v) is 2.70. The number of hydrogen-bond donors (Lipinski definition) is 1. The molecule has 102 valence electrons. The lowest BCUT2D eigenvalue weighted by molar-refractivity contribution is 0.145. The number of nitrogens with one attached hydrogen (secondary N) is 1. The average Bonchev–Trinajstić information content (AvgIpc) is 2.32. The fraction of sp³-hybridized carbons (Fsp3) is 0.600. The molecule has 0 aliphatic heterocycles. The average molecular weight is 251 g/mol. The molecule has 0 unspecified atom stereocenters. The van der Waals surface area contributed by atoms with Crippen molar-refractivity contribution in [3.63, 3.8) is 0 Å². The van der Waals surface area contributed by atoms with E-state index in [1.54, 1.807) is 7.11 Å². The Morgan fingerprint density at radius 2 is 2.00 bits per heavy atom. The van der Waals surface area contributed by atoms with E-state index in [-0.39, 0.29) is 0 Å². The highest BCUT2D eigenvalue weighted by Gasteiger charge is 2.06. The lowest BCUT2D eigenvalue weighted by Gasteiger charge is -2.15. The molecule has 0 aliphatic carbocycles. The topological polar surface area (TPSA) is 30.5 Å². The van der Waals surface area contributed by atoms with E-state index in [2.05, 4.69) is 44.3 Å². The zero-order valence-electron chi connectivity index (χ0n) is 12.0. The third-order valence-electron chi connectivity index (χ3n) is 2.70. The molecule has 0 spiro atoms. The number of rotatable bonds is 8. The van der Waals surface area contributed by atoms with Crippen LogP contribution in [0.5, 0.6) is 5.75 Å². The van der Waals surface area contributed by atoms with Gasteiger partial charge >= 0.3 is 0 Å². The van der Waals surface area contributed by atoms with E-state index in [1.165, 1.54) is 11.1 Å². The standard InChI is InChI=1S/C15H25NO2/c1-12(2)10-16-11-14-7-5-6-13(3)15(14)18-9-8-17-4/h5-7,12,16H,8-11H2,1-4H3. The minimum absolute atomic E-state index is 0.596. The summed E-state index contributed by atoms with van der Waals surface area (Å²) in [6.07, 6.45) is 0. The normalized spacial score (nSPS) is 10.9. The van der Waals surface area contributed by atoms with Gasteiger partial charge in [-0.25, -0.2) is 0 Å². The molecular formula is C15H25NO2. The zero-order chi connectivity index (χ0) is 13.4. The molecule has 0 amide bonds. The summed E-state index contributed by atoms with van der Waals surface area (Å²) in [6.45, 7) is 9.58. The number of para-hydroxylation sites is 1. The summed E-state index contributed by atoms with van der Waals surface area (Å²) in [6, 6.07) is 6.27. The highest BCUT2D eigenvalue weighted by atomic mass is 16.5. The van der Waals surface area contributed by atoms with Crippen LogP contribution in [0.3, 0.4) is 0 Å². The van der Waals surface area contributed by atoms with E-state index in [0.717, 1.165) is 18.8 Å². The molecule has 0 heterocycles. The summed E-state index contributed by atoms with van der Waals surface area (Å²) in [4.78, 5) is 0. The van der Waals surface area contributed by atoms with E-state index in [4.69, 9.17) is 9.47 Å². The first kappa shape index (κ1) is 15.0. The summed E-state index contributed by atoms with van der Waals surface area (Å²) < 4.78 is 10.8. The van der Waals surface area contributed by atoms with Crippen molar-refractivity contribution < 1.29 is 9.47 Å². The van der Waals surface area contributed by atoms with Gasteiger partial charge in [0.1, 0.15) is 12.4 Å². The van der Waals surface area contributed by atoms with Crippen molar-refractivity contribution in [2.45, 2.75) is 27.3 Å². The molecule has 0 saturated heterocycles. The first-order chi connectivity index (χ1) is 8.65. The molecule has 3 nitrogen and oxygen atoms in total. The van der Waals surface area contributed by atoms with Crippen LogP contribution in [0.15, 0.2) is 18.2 Å². The lowest BCUT2D eigenvalue weighted by Crippen LogP contribution is -2.20.